The van der Waals surface area contributed by atoms with Gasteiger partial charge in [-0.05, 0) is 61.9 Å². The van der Waals surface area contributed by atoms with Crippen LogP contribution in [0.1, 0.15) is 31.2 Å². The largest absolute Gasteiger partial charge is 0.355 e. The van der Waals surface area contributed by atoms with E-state index in [1.54, 1.807) is 12.1 Å². The van der Waals surface area contributed by atoms with Crippen molar-refractivity contribution in [2.75, 3.05) is 13.1 Å². The monoisotopic (exact) mass is 420 g/mol. The van der Waals surface area contributed by atoms with Crippen LogP contribution in [0.5, 0.6) is 0 Å². The van der Waals surface area contributed by atoms with Crippen LogP contribution in [0, 0.1) is 0 Å². The van der Waals surface area contributed by atoms with Gasteiger partial charge in [0, 0.05) is 18.1 Å². The molecule has 150 valence electrons. The predicted molar refractivity (Wildman–Crippen MR) is 111 cm³/mol. The van der Waals surface area contributed by atoms with E-state index >= 15 is 0 Å². The summed E-state index contributed by atoms with van der Waals surface area (Å²) in [5.41, 5.74) is 1.15. The highest BCUT2D eigenvalue weighted by molar-refractivity contribution is 7.89. The molecule has 1 saturated heterocycles. The molecule has 3 rings (SSSR count). The molecule has 1 amide bonds. The summed E-state index contributed by atoms with van der Waals surface area (Å²) in [6, 6.07) is 15.4. The van der Waals surface area contributed by atoms with E-state index in [4.69, 9.17) is 11.6 Å². The zero-order valence-corrected chi connectivity index (χ0v) is 17.3. The molecule has 0 spiro atoms. The maximum atomic E-state index is 13.3. The zero-order valence-electron chi connectivity index (χ0n) is 15.7. The maximum absolute atomic E-state index is 13.3. The van der Waals surface area contributed by atoms with Gasteiger partial charge in [-0.2, -0.15) is 4.31 Å². The lowest BCUT2D eigenvalue weighted by molar-refractivity contribution is -0.124. The van der Waals surface area contributed by atoms with Crippen molar-refractivity contribution in [1.82, 2.24) is 9.62 Å². The summed E-state index contributed by atoms with van der Waals surface area (Å²) in [5, 5.41) is 3.32. The van der Waals surface area contributed by atoms with Crippen molar-refractivity contribution in [2.45, 2.75) is 43.0 Å². The molecule has 5 nitrogen and oxygen atoms in total. The van der Waals surface area contributed by atoms with Gasteiger partial charge < -0.3 is 5.32 Å². The lowest BCUT2D eigenvalue weighted by atomic mass is 10.1. The van der Waals surface area contributed by atoms with Gasteiger partial charge in [-0.3, -0.25) is 4.79 Å². The maximum Gasteiger partial charge on any atom is 0.243 e. The summed E-state index contributed by atoms with van der Waals surface area (Å²) in [4.78, 5) is 12.7. The summed E-state index contributed by atoms with van der Waals surface area (Å²) in [6.45, 7) is 0.881. The summed E-state index contributed by atoms with van der Waals surface area (Å²) >= 11 is 5.91. The SMILES string of the molecule is O=C1NCCCCC1N(CCCc1ccccc1)S(=O)(=O)c1ccc(Cl)cc1. The van der Waals surface area contributed by atoms with Crippen LogP contribution >= 0.6 is 11.6 Å². The van der Waals surface area contributed by atoms with Crippen molar-refractivity contribution < 1.29 is 13.2 Å². The molecule has 1 heterocycles. The number of amides is 1. The zero-order chi connectivity index (χ0) is 20.0. The Bertz CT molecular complexity index is 886. The van der Waals surface area contributed by atoms with Gasteiger partial charge in [0.05, 0.1) is 4.90 Å². The summed E-state index contributed by atoms with van der Waals surface area (Å²) in [7, 11) is -3.81. The molecule has 2 aromatic carbocycles. The molecule has 0 saturated carbocycles. The van der Waals surface area contributed by atoms with Crippen LogP contribution in [0.2, 0.25) is 5.02 Å². The minimum Gasteiger partial charge on any atom is -0.355 e. The Kier molecular flexibility index (Phi) is 7.10. The molecule has 0 aliphatic carbocycles. The molecule has 1 unspecified atom stereocenters. The summed E-state index contributed by atoms with van der Waals surface area (Å²) < 4.78 is 28.1. The van der Waals surface area contributed by atoms with Crippen molar-refractivity contribution >= 4 is 27.5 Å². The van der Waals surface area contributed by atoms with Crippen LogP contribution in [-0.4, -0.2) is 37.8 Å². The molecular formula is C21H25ClN2O3S. The molecule has 0 radical (unpaired) electrons. The van der Waals surface area contributed by atoms with Crippen molar-refractivity contribution in [3.05, 3.63) is 65.2 Å². The fourth-order valence-corrected chi connectivity index (χ4v) is 5.25. The molecule has 1 aliphatic rings. The second kappa shape index (κ2) is 9.54. The number of hydrogen-bond donors (Lipinski definition) is 1. The average molecular weight is 421 g/mol. The predicted octanol–water partition coefficient (Wildman–Crippen LogP) is 3.63. The Morgan fingerprint density at radius 3 is 2.46 bits per heavy atom. The van der Waals surface area contributed by atoms with Crippen LogP contribution in [0.25, 0.3) is 0 Å². The topological polar surface area (TPSA) is 66.5 Å². The third-order valence-electron chi connectivity index (χ3n) is 4.96. The molecular weight excluding hydrogens is 396 g/mol. The number of sulfonamides is 1. The van der Waals surface area contributed by atoms with Crippen molar-refractivity contribution in [2.24, 2.45) is 0 Å². The number of carbonyl (C=O) groups is 1. The second-order valence-electron chi connectivity index (χ2n) is 6.96. The van der Waals surface area contributed by atoms with Crippen LogP contribution in [-0.2, 0) is 21.2 Å². The molecule has 1 N–H and O–H groups in total. The van der Waals surface area contributed by atoms with Crippen molar-refractivity contribution in [3.8, 4) is 0 Å². The second-order valence-corrected chi connectivity index (χ2v) is 9.29. The number of carbonyl (C=O) groups excluding carboxylic acids is 1. The lowest BCUT2D eigenvalue weighted by Gasteiger charge is -2.29. The van der Waals surface area contributed by atoms with Gasteiger partial charge in [0.15, 0.2) is 0 Å². The number of hydrogen-bond acceptors (Lipinski definition) is 3. The van der Waals surface area contributed by atoms with Gasteiger partial charge in [0.25, 0.3) is 0 Å². The van der Waals surface area contributed by atoms with Crippen molar-refractivity contribution in [3.63, 3.8) is 0 Å². The fourth-order valence-electron chi connectivity index (χ4n) is 3.47. The van der Waals surface area contributed by atoms with Gasteiger partial charge in [0.2, 0.25) is 15.9 Å². The molecule has 28 heavy (non-hydrogen) atoms. The Balaban J connectivity index is 1.84. The van der Waals surface area contributed by atoms with Crippen LogP contribution in [0.15, 0.2) is 59.5 Å². The number of halogens is 1. The lowest BCUT2D eigenvalue weighted by Crippen LogP contribution is -2.49. The standard InChI is InChI=1S/C21H25ClN2O3S/c22-18-11-13-19(14-12-18)28(26,27)24(20-10-4-5-15-23-21(20)25)16-6-9-17-7-2-1-3-8-17/h1-3,7-8,11-14,20H,4-6,9-10,15-16H2,(H,23,25). The highest BCUT2D eigenvalue weighted by Crippen LogP contribution is 2.24. The Morgan fingerprint density at radius 2 is 1.75 bits per heavy atom. The van der Waals surface area contributed by atoms with Gasteiger partial charge in [-0.1, -0.05) is 41.9 Å². The van der Waals surface area contributed by atoms with Crippen molar-refractivity contribution in [1.29, 1.82) is 0 Å². The van der Waals surface area contributed by atoms with E-state index in [0.29, 0.717) is 24.4 Å². The summed E-state index contributed by atoms with van der Waals surface area (Å²) in [5.74, 6) is -0.213. The third kappa shape index (κ3) is 5.13. The van der Waals surface area contributed by atoms with E-state index in [-0.39, 0.29) is 17.3 Å². The number of aryl methyl sites for hydroxylation is 1. The van der Waals surface area contributed by atoms with E-state index in [1.165, 1.54) is 16.4 Å². The molecule has 1 aliphatic heterocycles. The van der Waals surface area contributed by atoms with E-state index in [1.807, 2.05) is 30.3 Å². The molecule has 1 fully saturated rings. The first kappa shape index (κ1) is 20.8. The Labute approximate surface area is 171 Å². The number of rotatable bonds is 7. The molecule has 7 heteroatoms. The van der Waals surface area contributed by atoms with E-state index in [9.17, 15) is 13.2 Å². The van der Waals surface area contributed by atoms with Crippen LogP contribution in [0.4, 0.5) is 0 Å². The quantitative estimate of drug-likeness (QED) is 0.743. The fraction of sp³-hybridized carbons (Fsp3) is 0.381. The van der Waals surface area contributed by atoms with Gasteiger partial charge >= 0.3 is 0 Å². The van der Waals surface area contributed by atoms with E-state index < -0.39 is 16.1 Å². The van der Waals surface area contributed by atoms with E-state index in [2.05, 4.69) is 5.32 Å². The van der Waals surface area contributed by atoms with Crippen LogP contribution in [0.3, 0.4) is 0 Å². The first-order valence-corrected chi connectivity index (χ1v) is 11.4. The number of nitrogens with one attached hydrogen (secondary N) is 1. The van der Waals surface area contributed by atoms with Crippen LogP contribution < -0.4 is 5.32 Å². The first-order valence-electron chi connectivity index (χ1n) is 9.57. The van der Waals surface area contributed by atoms with Gasteiger partial charge in [-0.15, -0.1) is 0 Å². The number of benzene rings is 2. The third-order valence-corrected chi connectivity index (χ3v) is 7.14. The smallest absolute Gasteiger partial charge is 0.243 e. The highest BCUT2D eigenvalue weighted by Gasteiger charge is 2.36. The average Bonchev–Trinajstić information content (AvgIpc) is 2.90. The highest BCUT2D eigenvalue weighted by atomic mass is 35.5. The molecule has 2 aromatic rings. The number of nitrogens with zero attached hydrogens (tertiary/aromatic N) is 1. The normalized spacial score (nSPS) is 17.9. The van der Waals surface area contributed by atoms with Gasteiger partial charge in [-0.25, -0.2) is 8.42 Å². The first-order chi connectivity index (χ1) is 13.5. The Morgan fingerprint density at radius 1 is 1.04 bits per heavy atom. The van der Waals surface area contributed by atoms with E-state index in [0.717, 1.165) is 24.8 Å². The Hall–Kier alpha value is -1.89. The summed E-state index contributed by atoms with van der Waals surface area (Å²) in [6.07, 6.45) is 3.60. The van der Waals surface area contributed by atoms with Gasteiger partial charge in [0.1, 0.15) is 6.04 Å². The molecule has 1 atom stereocenters. The minimum absolute atomic E-state index is 0.161. The molecule has 0 bridgehead atoms. The molecule has 0 aromatic heterocycles. The minimum atomic E-state index is -3.81.